The molecule has 220 valence electrons. The standard InChI is InChI=1S/C29H42N4O7/c1-6-8-15-21(24(35)25-33(40-25)19(3)20-13-10-9-11-14-20)30-27(36)39-22-18-32(28(37)38-7-2)26(29(22,4)5)31-17-12-16-23(31)34/h9-11,13-14,19,21-22,25-26H,6-8,12,15-18H2,1-5H3,(H,30,36)/t19-,21?,22-,25?,26?,33?/m1/s1. The van der Waals surface area contributed by atoms with Gasteiger partial charge in [-0.15, -0.1) is 5.06 Å². The second kappa shape index (κ2) is 12.6. The van der Waals surface area contributed by atoms with Gasteiger partial charge >= 0.3 is 12.2 Å². The van der Waals surface area contributed by atoms with E-state index in [1.54, 1.807) is 16.9 Å². The number of nitrogens with one attached hydrogen (secondary N) is 1. The molecule has 4 unspecified atom stereocenters. The fourth-order valence-electron chi connectivity index (χ4n) is 5.76. The molecule has 3 aliphatic rings. The summed E-state index contributed by atoms with van der Waals surface area (Å²) in [6.07, 6.45) is -0.203. The smallest absolute Gasteiger partial charge is 0.411 e. The molecular formula is C29H42N4O7. The van der Waals surface area contributed by atoms with Crippen LogP contribution in [0.3, 0.4) is 0 Å². The summed E-state index contributed by atoms with van der Waals surface area (Å²) in [5.41, 5.74) is 0.255. The lowest BCUT2D eigenvalue weighted by atomic mass is 9.85. The number of ether oxygens (including phenoxy) is 2. The van der Waals surface area contributed by atoms with E-state index in [-0.39, 0.29) is 30.9 Å². The molecule has 3 heterocycles. The number of alkyl carbamates (subject to hydrolysis) is 1. The lowest BCUT2D eigenvalue weighted by Crippen LogP contribution is -2.54. The Morgan fingerprint density at radius 1 is 1.18 bits per heavy atom. The number of amides is 3. The zero-order valence-electron chi connectivity index (χ0n) is 24.1. The van der Waals surface area contributed by atoms with E-state index in [1.807, 2.05) is 58.0 Å². The minimum Gasteiger partial charge on any atom is -0.450 e. The van der Waals surface area contributed by atoms with Gasteiger partial charge in [0.1, 0.15) is 12.3 Å². The van der Waals surface area contributed by atoms with Gasteiger partial charge in [0.25, 0.3) is 0 Å². The second-order valence-corrected chi connectivity index (χ2v) is 11.3. The van der Waals surface area contributed by atoms with Gasteiger partial charge in [0.2, 0.25) is 17.9 Å². The normalized spacial score (nSPS) is 26.8. The third-order valence-electron chi connectivity index (χ3n) is 8.11. The Kier molecular flexibility index (Phi) is 9.35. The first-order valence-corrected chi connectivity index (χ1v) is 14.3. The number of nitrogens with zero attached hydrogens (tertiary/aromatic N) is 3. The van der Waals surface area contributed by atoms with Gasteiger partial charge in [0.05, 0.1) is 25.2 Å². The number of carbonyl (C=O) groups is 4. The van der Waals surface area contributed by atoms with E-state index in [9.17, 15) is 19.2 Å². The van der Waals surface area contributed by atoms with Crippen molar-refractivity contribution >= 4 is 23.9 Å². The molecular weight excluding hydrogens is 516 g/mol. The number of Topliss-reactive ketones (excluding diaryl/α,β-unsaturated/α-hetero) is 1. The number of hydrogen-bond acceptors (Lipinski definition) is 8. The predicted octanol–water partition coefficient (Wildman–Crippen LogP) is 3.99. The molecule has 3 amide bonds. The number of benzene rings is 1. The number of unbranched alkanes of at least 4 members (excludes halogenated alkanes) is 1. The highest BCUT2D eigenvalue weighted by atomic mass is 16.8. The summed E-state index contributed by atoms with van der Waals surface area (Å²) < 4.78 is 11.1. The molecule has 1 aromatic carbocycles. The van der Waals surface area contributed by atoms with Gasteiger partial charge in [0.15, 0.2) is 0 Å². The summed E-state index contributed by atoms with van der Waals surface area (Å²) in [7, 11) is 0. The molecule has 1 N–H and O–H groups in total. The maximum atomic E-state index is 13.4. The zero-order valence-corrected chi connectivity index (χ0v) is 24.1. The van der Waals surface area contributed by atoms with Gasteiger partial charge in [-0.2, -0.15) is 0 Å². The highest BCUT2D eigenvalue weighted by Gasteiger charge is 2.56. The van der Waals surface area contributed by atoms with Crippen LogP contribution in [0.1, 0.15) is 78.3 Å². The fraction of sp³-hybridized carbons (Fsp3) is 0.655. The van der Waals surface area contributed by atoms with Crippen molar-refractivity contribution in [1.82, 2.24) is 20.2 Å². The highest BCUT2D eigenvalue weighted by molar-refractivity contribution is 5.91. The molecule has 0 bridgehead atoms. The summed E-state index contributed by atoms with van der Waals surface area (Å²) >= 11 is 0. The summed E-state index contributed by atoms with van der Waals surface area (Å²) in [5, 5.41) is 4.40. The van der Waals surface area contributed by atoms with E-state index in [2.05, 4.69) is 5.32 Å². The van der Waals surface area contributed by atoms with Crippen LogP contribution < -0.4 is 5.32 Å². The SMILES string of the molecule is CCCCC(NC(=O)O[C@@H]1CN(C(=O)OCC)C(N2CCCC2=O)C1(C)C)C(=O)C1ON1[C@H](C)c1ccccc1. The molecule has 40 heavy (non-hydrogen) atoms. The molecule has 11 heteroatoms. The Hall–Kier alpha value is -3.18. The minimum atomic E-state index is -0.785. The molecule has 4 rings (SSSR count). The summed E-state index contributed by atoms with van der Waals surface area (Å²) in [4.78, 5) is 60.8. The maximum absolute atomic E-state index is 13.4. The number of ketones is 1. The number of hydroxylamine groups is 2. The Bertz CT molecular complexity index is 1080. The van der Waals surface area contributed by atoms with E-state index in [1.165, 1.54) is 4.90 Å². The van der Waals surface area contributed by atoms with Crippen LogP contribution >= 0.6 is 0 Å². The summed E-state index contributed by atoms with van der Waals surface area (Å²) in [5.74, 6) is -0.269. The van der Waals surface area contributed by atoms with Crippen molar-refractivity contribution in [2.24, 2.45) is 5.41 Å². The zero-order chi connectivity index (χ0) is 29.0. The van der Waals surface area contributed by atoms with E-state index >= 15 is 0 Å². The summed E-state index contributed by atoms with van der Waals surface area (Å²) in [6, 6.07) is 8.85. The molecule has 0 saturated carbocycles. The van der Waals surface area contributed by atoms with E-state index in [0.717, 1.165) is 18.4 Å². The third-order valence-corrected chi connectivity index (χ3v) is 8.11. The Morgan fingerprint density at radius 2 is 1.90 bits per heavy atom. The number of hydrogen-bond donors (Lipinski definition) is 1. The number of carbonyl (C=O) groups excluding carboxylic acids is 4. The molecule has 11 nitrogen and oxygen atoms in total. The summed E-state index contributed by atoms with van der Waals surface area (Å²) in [6.45, 7) is 10.2. The molecule has 0 spiro atoms. The van der Waals surface area contributed by atoms with Crippen LogP contribution in [0.4, 0.5) is 9.59 Å². The maximum Gasteiger partial charge on any atom is 0.411 e. The monoisotopic (exact) mass is 558 g/mol. The van der Waals surface area contributed by atoms with Crippen LogP contribution in [0, 0.1) is 5.41 Å². The number of likely N-dealkylation sites (tertiary alicyclic amines) is 2. The van der Waals surface area contributed by atoms with Crippen molar-refractivity contribution in [3.63, 3.8) is 0 Å². The van der Waals surface area contributed by atoms with Crippen LogP contribution in [0.15, 0.2) is 30.3 Å². The molecule has 0 aromatic heterocycles. The molecule has 3 aliphatic heterocycles. The first-order chi connectivity index (χ1) is 19.1. The van der Waals surface area contributed by atoms with E-state index in [0.29, 0.717) is 25.8 Å². The van der Waals surface area contributed by atoms with Gasteiger partial charge in [-0.05, 0) is 32.3 Å². The van der Waals surface area contributed by atoms with Gasteiger partial charge in [0, 0.05) is 18.4 Å². The fourth-order valence-corrected chi connectivity index (χ4v) is 5.76. The highest BCUT2D eigenvalue weighted by Crippen LogP contribution is 2.42. The lowest BCUT2D eigenvalue weighted by Gasteiger charge is -2.39. The van der Waals surface area contributed by atoms with Crippen molar-refractivity contribution in [3.05, 3.63) is 35.9 Å². The van der Waals surface area contributed by atoms with Gasteiger partial charge in [-0.3, -0.25) is 19.3 Å². The molecule has 3 saturated heterocycles. The van der Waals surface area contributed by atoms with Crippen molar-refractivity contribution in [1.29, 1.82) is 0 Å². The van der Waals surface area contributed by atoms with Gasteiger partial charge < -0.3 is 19.7 Å². The molecule has 6 atom stereocenters. The van der Waals surface area contributed by atoms with Crippen molar-refractivity contribution < 1.29 is 33.5 Å². The first-order valence-electron chi connectivity index (χ1n) is 14.3. The molecule has 1 aromatic rings. The van der Waals surface area contributed by atoms with Crippen molar-refractivity contribution in [3.8, 4) is 0 Å². The predicted molar refractivity (Wildman–Crippen MR) is 146 cm³/mol. The van der Waals surface area contributed by atoms with Gasteiger partial charge in [-0.1, -0.05) is 63.9 Å². The quantitative estimate of drug-likeness (QED) is 0.405. The molecule has 0 radical (unpaired) electrons. The van der Waals surface area contributed by atoms with Crippen LogP contribution in [-0.2, 0) is 23.9 Å². The average molecular weight is 559 g/mol. The van der Waals surface area contributed by atoms with Crippen LogP contribution in [0.5, 0.6) is 0 Å². The second-order valence-electron chi connectivity index (χ2n) is 11.3. The van der Waals surface area contributed by atoms with Crippen molar-refractivity contribution in [2.75, 3.05) is 19.7 Å². The molecule has 0 aliphatic carbocycles. The Labute approximate surface area is 236 Å². The van der Waals surface area contributed by atoms with Crippen LogP contribution in [0.25, 0.3) is 0 Å². The lowest BCUT2D eigenvalue weighted by molar-refractivity contribution is -0.135. The van der Waals surface area contributed by atoms with E-state index < -0.39 is 42.1 Å². The van der Waals surface area contributed by atoms with Crippen molar-refractivity contribution in [2.45, 2.75) is 97.3 Å². The minimum absolute atomic E-state index is 0.0404. The number of rotatable bonds is 11. The first kappa shape index (κ1) is 29.8. The Balaban J connectivity index is 1.43. The Morgan fingerprint density at radius 3 is 2.52 bits per heavy atom. The topological polar surface area (TPSA) is 121 Å². The average Bonchev–Trinajstić information content (AvgIpc) is 3.56. The molecule has 3 fully saturated rings. The van der Waals surface area contributed by atoms with Gasteiger partial charge in [-0.25, -0.2) is 9.59 Å². The largest absolute Gasteiger partial charge is 0.450 e. The van der Waals surface area contributed by atoms with Crippen LogP contribution in [-0.4, -0.2) is 83.0 Å². The van der Waals surface area contributed by atoms with E-state index in [4.69, 9.17) is 14.3 Å². The third kappa shape index (κ3) is 6.25. The van der Waals surface area contributed by atoms with Crippen LogP contribution in [0.2, 0.25) is 0 Å².